The van der Waals surface area contributed by atoms with Crippen LogP contribution in [-0.2, 0) is 10.9 Å². The summed E-state index contributed by atoms with van der Waals surface area (Å²) in [5.74, 6) is 0. The molecule has 1 atom stereocenters. The summed E-state index contributed by atoms with van der Waals surface area (Å²) in [7, 11) is 0. The van der Waals surface area contributed by atoms with Crippen LogP contribution in [0.2, 0.25) is 0 Å². The number of hydrogen-bond donors (Lipinski definition) is 2. The third-order valence-electron chi connectivity index (χ3n) is 3.14. The number of aromatic nitrogens is 1. The van der Waals surface area contributed by atoms with Gasteiger partial charge in [-0.15, -0.1) is 0 Å². The minimum absolute atomic E-state index is 0.00239. The Labute approximate surface area is 119 Å². The van der Waals surface area contributed by atoms with Crippen molar-refractivity contribution in [3.63, 3.8) is 0 Å². The van der Waals surface area contributed by atoms with E-state index in [2.05, 4.69) is 15.6 Å². The number of anilines is 1. The number of hydrogen-bond acceptors (Lipinski definition) is 3. The molecule has 0 radical (unpaired) electrons. The Balaban J connectivity index is 1.91. The molecule has 1 aromatic rings. The predicted octanol–water partition coefficient (Wildman–Crippen LogP) is 2.71. The van der Waals surface area contributed by atoms with Gasteiger partial charge in [0.25, 0.3) is 0 Å². The van der Waals surface area contributed by atoms with E-state index in [1.807, 2.05) is 0 Å². The third kappa shape index (κ3) is 4.32. The monoisotopic (exact) mass is 303 g/mol. The highest BCUT2D eigenvalue weighted by atomic mass is 19.4. The molecule has 1 aliphatic heterocycles. The van der Waals surface area contributed by atoms with Crippen molar-refractivity contribution in [2.24, 2.45) is 0 Å². The van der Waals surface area contributed by atoms with Gasteiger partial charge in [0.2, 0.25) is 0 Å². The first-order valence-corrected chi connectivity index (χ1v) is 6.57. The highest BCUT2D eigenvalue weighted by Crippen LogP contribution is 2.29. The van der Waals surface area contributed by atoms with Crippen molar-refractivity contribution in [1.29, 1.82) is 0 Å². The predicted molar refractivity (Wildman–Crippen MR) is 70.0 cm³/mol. The van der Waals surface area contributed by atoms with Crippen LogP contribution in [0, 0.1) is 6.92 Å². The van der Waals surface area contributed by atoms with Crippen LogP contribution in [0.5, 0.6) is 0 Å². The number of carbonyl (C=O) groups excluding carboxylic acids is 1. The van der Waals surface area contributed by atoms with E-state index in [1.165, 1.54) is 13.0 Å². The first-order chi connectivity index (χ1) is 9.86. The van der Waals surface area contributed by atoms with Crippen molar-refractivity contribution in [3.8, 4) is 0 Å². The molecule has 1 aromatic heterocycles. The molecule has 0 aliphatic carbocycles. The van der Waals surface area contributed by atoms with Gasteiger partial charge in [-0.1, -0.05) is 0 Å². The van der Waals surface area contributed by atoms with Gasteiger partial charge in [0.15, 0.2) is 0 Å². The Hall–Kier alpha value is -1.83. The van der Waals surface area contributed by atoms with Crippen LogP contribution in [0.3, 0.4) is 0 Å². The molecule has 2 heterocycles. The maximum atomic E-state index is 12.5. The van der Waals surface area contributed by atoms with Crippen LogP contribution in [0.15, 0.2) is 12.1 Å². The third-order valence-corrected chi connectivity index (χ3v) is 3.14. The number of halogens is 3. The number of alkyl halides is 3. The van der Waals surface area contributed by atoms with E-state index in [9.17, 15) is 18.0 Å². The fourth-order valence-corrected chi connectivity index (χ4v) is 2.03. The van der Waals surface area contributed by atoms with E-state index in [1.54, 1.807) is 0 Å². The molecule has 1 fully saturated rings. The Kier molecular flexibility index (Phi) is 4.66. The summed E-state index contributed by atoms with van der Waals surface area (Å²) in [6, 6.07) is 1.54. The van der Waals surface area contributed by atoms with Crippen LogP contribution in [-0.4, -0.2) is 30.3 Å². The van der Waals surface area contributed by atoms with E-state index in [0.717, 1.165) is 18.9 Å². The second-order valence-electron chi connectivity index (χ2n) is 4.80. The van der Waals surface area contributed by atoms with Gasteiger partial charge in [-0.25, -0.2) is 9.78 Å². The highest BCUT2D eigenvalue weighted by molar-refractivity contribution is 5.89. The Morgan fingerprint density at radius 2 is 2.24 bits per heavy atom. The van der Waals surface area contributed by atoms with Gasteiger partial charge in [-0.05, 0) is 31.9 Å². The van der Waals surface area contributed by atoms with Crippen LogP contribution in [0.4, 0.5) is 23.7 Å². The van der Waals surface area contributed by atoms with Crippen molar-refractivity contribution in [2.45, 2.75) is 32.0 Å². The summed E-state index contributed by atoms with van der Waals surface area (Å²) in [5, 5.41) is 5.10. The van der Waals surface area contributed by atoms with E-state index < -0.39 is 17.9 Å². The number of ether oxygens (including phenoxy) is 1. The molecule has 2 rings (SSSR count). The fraction of sp³-hybridized carbons (Fsp3) is 0.538. The van der Waals surface area contributed by atoms with Gasteiger partial charge >= 0.3 is 12.2 Å². The summed E-state index contributed by atoms with van der Waals surface area (Å²) in [5.41, 5.74) is -0.629. The molecule has 1 aliphatic rings. The van der Waals surface area contributed by atoms with E-state index in [4.69, 9.17) is 4.74 Å². The second kappa shape index (κ2) is 6.30. The molecule has 0 saturated carbocycles. The van der Waals surface area contributed by atoms with Crippen LogP contribution in [0.25, 0.3) is 0 Å². The maximum absolute atomic E-state index is 12.5. The quantitative estimate of drug-likeness (QED) is 0.902. The van der Waals surface area contributed by atoms with Gasteiger partial charge in [0, 0.05) is 13.2 Å². The van der Waals surface area contributed by atoms with Crippen molar-refractivity contribution >= 4 is 11.7 Å². The first-order valence-electron chi connectivity index (χ1n) is 6.57. The van der Waals surface area contributed by atoms with E-state index in [0.29, 0.717) is 13.2 Å². The number of rotatable bonds is 3. The molecular formula is C13H16F3N3O2. The van der Waals surface area contributed by atoms with Crippen LogP contribution >= 0.6 is 0 Å². The van der Waals surface area contributed by atoms with Gasteiger partial charge in [-0.2, -0.15) is 13.2 Å². The molecule has 0 bridgehead atoms. The molecule has 8 heteroatoms. The zero-order valence-corrected chi connectivity index (χ0v) is 11.5. The van der Waals surface area contributed by atoms with Crippen molar-refractivity contribution < 1.29 is 22.7 Å². The maximum Gasteiger partial charge on any atom is 0.433 e. The molecule has 5 nitrogen and oxygen atoms in total. The minimum atomic E-state index is -4.49. The smallest absolute Gasteiger partial charge is 0.376 e. The van der Waals surface area contributed by atoms with Gasteiger partial charge in [-0.3, -0.25) is 0 Å². The number of nitrogens with zero attached hydrogens (tertiary/aromatic N) is 1. The zero-order chi connectivity index (χ0) is 15.5. The fourth-order valence-electron chi connectivity index (χ4n) is 2.03. The number of urea groups is 1. The largest absolute Gasteiger partial charge is 0.433 e. The molecular weight excluding hydrogens is 287 g/mol. The molecule has 2 amide bonds. The molecule has 116 valence electrons. The molecule has 0 aromatic carbocycles. The van der Waals surface area contributed by atoms with Gasteiger partial charge in [0.05, 0.1) is 17.5 Å². The lowest BCUT2D eigenvalue weighted by Gasteiger charge is -2.13. The van der Waals surface area contributed by atoms with Crippen LogP contribution < -0.4 is 10.6 Å². The summed E-state index contributed by atoms with van der Waals surface area (Å²) in [4.78, 5) is 15.1. The summed E-state index contributed by atoms with van der Waals surface area (Å²) in [6.45, 7) is 2.47. The number of aryl methyl sites for hydroxylation is 1. The lowest BCUT2D eigenvalue weighted by molar-refractivity contribution is -0.141. The van der Waals surface area contributed by atoms with Crippen LogP contribution in [0.1, 0.15) is 24.2 Å². The Morgan fingerprint density at radius 3 is 2.81 bits per heavy atom. The topological polar surface area (TPSA) is 63.2 Å². The van der Waals surface area contributed by atoms with E-state index >= 15 is 0 Å². The summed E-state index contributed by atoms with van der Waals surface area (Å²) in [6.07, 6.45) is -2.63. The standard InChI is InChI=1S/C13H16F3N3O2/c1-8-10(4-5-11(18-8)13(14,15)16)19-12(20)17-7-9-3-2-6-21-9/h4-5,9H,2-3,6-7H2,1H3,(H2,17,19,20). The minimum Gasteiger partial charge on any atom is -0.376 e. The Morgan fingerprint density at radius 1 is 1.48 bits per heavy atom. The molecule has 1 saturated heterocycles. The first kappa shape index (κ1) is 15.6. The second-order valence-corrected chi connectivity index (χ2v) is 4.80. The van der Waals surface area contributed by atoms with Gasteiger partial charge in [0.1, 0.15) is 5.69 Å². The molecule has 21 heavy (non-hydrogen) atoms. The summed E-state index contributed by atoms with van der Waals surface area (Å²) >= 11 is 0. The zero-order valence-electron chi connectivity index (χ0n) is 11.5. The number of amides is 2. The summed E-state index contributed by atoms with van der Waals surface area (Å²) < 4.78 is 42.8. The molecule has 0 spiro atoms. The highest BCUT2D eigenvalue weighted by Gasteiger charge is 2.32. The number of nitrogens with one attached hydrogen (secondary N) is 2. The van der Waals surface area contributed by atoms with Crippen molar-refractivity contribution in [3.05, 3.63) is 23.5 Å². The average Bonchev–Trinajstić information content (AvgIpc) is 2.91. The SMILES string of the molecule is Cc1nc(C(F)(F)F)ccc1NC(=O)NCC1CCCO1. The van der Waals surface area contributed by atoms with Gasteiger partial charge < -0.3 is 15.4 Å². The van der Waals surface area contributed by atoms with Crippen molar-refractivity contribution in [2.75, 3.05) is 18.5 Å². The number of pyridine rings is 1. The average molecular weight is 303 g/mol. The lowest BCUT2D eigenvalue weighted by Crippen LogP contribution is -2.35. The van der Waals surface area contributed by atoms with Crippen molar-refractivity contribution in [1.82, 2.24) is 10.3 Å². The van der Waals surface area contributed by atoms with E-state index in [-0.39, 0.29) is 17.5 Å². The lowest BCUT2D eigenvalue weighted by atomic mass is 10.2. The molecule has 2 N–H and O–H groups in total. The Bertz CT molecular complexity index is 514. The molecule has 1 unspecified atom stereocenters. The number of carbonyl (C=O) groups is 1. The normalized spacial score (nSPS) is 18.6.